The lowest BCUT2D eigenvalue weighted by Gasteiger charge is -2.22. The molecule has 0 saturated carbocycles. The third-order valence-corrected chi connectivity index (χ3v) is 6.54. The predicted octanol–water partition coefficient (Wildman–Crippen LogP) is 4.40. The molecule has 1 aliphatic heterocycles. The van der Waals surface area contributed by atoms with Crippen molar-refractivity contribution < 1.29 is 18.2 Å². The maximum atomic E-state index is 13.3. The minimum atomic E-state index is -4.03. The van der Waals surface area contributed by atoms with Crippen LogP contribution in [0.3, 0.4) is 0 Å². The van der Waals surface area contributed by atoms with Crippen LogP contribution in [-0.2, 0) is 14.9 Å². The van der Waals surface area contributed by atoms with E-state index in [-0.39, 0.29) is 10.6 Å². The number of nitro benzene ring substituents is 1. The van der Waals surface area contributed by atoms with E-state index in [9.17, 15) is 18.5 Å². The van der Waals surface area contributed by atoms with E-state index in [1.165, 1.54) is 24.3 Å². The Bertz CT molecular complexity index is 1100. The Labute approximate surface area is 168 Å². The summed E-state index contributed by atoms with van der Waals surface area (Å²) in [7, 11) is -4.03. The smallest absolute Gasteiger partial charge is 0.269 e. The number of hydrogen-bond donors (Lipinski definition) is 0. The molecule has 0 aromatic heterocycles. The molecule has 3 aromatic rings. The van der Waals surface area contributed by atoms with Crippen LogP contribution in [0.4, 0.5) is 5.69 Å². The molecule has 148 valence electrons. The van der Waals surface area contributed by atoms with Gasteiger partial charge in [0.2, 0.25) is 0 Å². The zero-order valence-electron chi connectivity index (χ0n) is 15.3. The Morgan fingerprint density at radius 2 is 1.41 bits per heavy atom. The SMILES string of the molecule is O=[N+]([O-])c1ccc(S(=O)(=O)N2O[C@H](c3ccccc3)C[C@@H]2c2ccccc2)cc1. The number of nitro groups is 1. The van der Waals surface area contributed by atoms with E-state index in [0.29, 0.717) is 6.42 Å². The van der Waals surface area contributed by atoms with Crippen LogP contribution in [0.5, 0.6) is 0 Å². The number of benzene rings is 3. The highest BCUT2D eigenvalue weighted by Crippen LogP contribution is 2.44. The molecule has 1 heterocycles. The topological polar surface area (TPSA) is 89.8 Å². The van der Waals surface area contributed by atoms with Crippen LogP contribution >= 0.6 is 0 Å². The summed E-state index contributed by atoms with van der Waals surface area (Å²) < 4.78 is 27.6. The quantitative estimate of drug-likeness (QED) is 0.459. The molecule has 3 aromatic carbocycles. The normalized spacial score (nSPS) is 19.9. The van der Waals surface area contributed by atoms with Gasteiger partial charge < -0.3 is 0 Å². The molecule has 1 saturated heterocycles. The van der Waals surface area contributed by atoms with Crippen molar-refractivity contribution in [3.8, 4) is 0 Å². The second kappa shape index (κ2) is 7.75. The minimum absolute atomic E-state index is 0.0576. The van der Waals surface area contributed by atoms with Crippen LogP contribution in [0.25, 0.3) is 0 Å². The van der Waals surface area contributed by atoms with Gasteiger partial charge in [-0.1, -0.05) is 65.1 Å². The van der Waals surface area contributed by atoms with Crippen LogP contribution in [0.1, 0.15) is 29.7 Å². The number of hydroxylamine groups is 1. The van der Waals surface area contributed by atoms with E-state index in [0.717, 1.165) is 15.6 Å². The molecule has 4 rings (SSSR count). The van der Waals surface area contributed by atoms with Gasteiger partial charge in [-0.3, -0.25) is 15.0 Å². The summed E-state index contributed by atoms with van der Waals surface area (Å²) in [5.41, 5.74) is 1.53. The van der Waals surface area contributed by atoms with E-state index in [4.69, 9.17) is 4.84 Å². The second-order valence-corrected chi connectivity index (χ2v) is 8.46. The number of hydrogen-bond acceptors (Lipinski definition) is 5. The minimum Gasteiger partial charge on any atom is -0.275 e. The van der Waals surface area contributed by atoms with Crippen molar-refractivity contribution in [2.45, 2.75) is 23.5 Å². The molecule has 7 nitrogen and oxygen atoms in total. The molecule has 1 aliphatic rings. The van der Waals surface area contributed by atoms with E-state index < -0.39 is 27.1 Å². The monoisotopic (exact) mass is 410 g/mol. The first-order valence-corrected chi connectivity index (χ1v) is 10.5. The van der Waals surface area contributed by atoms with Gasteiger partial charge in [-0.15, -0.1) is 0 Å². The molecule has 0 aliphatic carbocycles. The average molecular weight is 410 g/mol. The summed E-state index contributed by atoms with van der Waals surface area (Å²) in [5, 5.41) is 10.9. The van der Waals surface area contributed by atoms with Crippen molar-refractivity contribution >= 4 is 15.7 Å². The molecule has 2 atom stereocenters. The number of rotatable bonds is 5. The lowest BCUT2D eigenvalue weighted by molar-refractivity contribution is -0.384. The molecule has 0 bridgehead atoms. The fraction of sp³-hybridized carbons (Fsp3) is 0.143. The highest BCUT2D eigenvalue weighted by atomic mass is 32.2. The zero-order chi connectivity index (χ0) is 20.4. The zero-order valence-corrected chi connectivity index (χ0v) is 16.1. The molecular formula is C21H18N2O5S. The van der Waals surface area contributed by atoms with Gasteiger partial charge in [-0.2, -0.15) is 0 Å². The van der Waals surface area contributed by atoms with Gasteiger partial charge in [0.05, 0.1) is 15.9 Å². The first-order valence-electron chi connectivity index (χ1n) is 9.02. The highest BCUT2D eigenvalue weighted by Gasteiger charge is 2.43. The fourth-order valence-electron chi connectivity index (χ4n) is 3.40. The van der Waals surface area contributed by atoms with Gasteiger partial charge in [-0.25, -0.2) is 8.42 Å². The Balaban J connectivity index is 1.72. The Kier molecular flexibility index (Phi) is 5.14. The molecule has 0 radical (unpaired) electrons. The first kappa shape index (κ1) is 19.3. The maximum Gasteiger partial charge on any atom is 0.269 e. The summed E-state index contributed by atoms with van der Waals surface area (Å²) in [6, 6.07) is 23.0. The highest BCUT2D eigenvalue weighted by molar-refractivity contribution is 7.89. The molecule has 1 fully saturated rings. The molecule has 8 heteroatoms. The van der Waals surface area contributed by atoms with Crippen LogP contribution < -0.4 is 0 Å². The third kappa shape index (κ3) is 3.77. The van der Waals surface area contributed by atoms with E-state index in [2.05, 4.69) is 0 Å². The Morgan fingerprint density at radius 1 is 0.862 bits per heavy atom. The van der Waals surface area contributed by atoms with Gasteiger partial charge >= 0.3 is 0 Å². The van der Waals surface area contributed by atoms with E-state index in [1.54, 1.807) is 0 Å². The van der Waals surface area contributed by atoms with Gasteiger partial charge in [0.15, 0.2) is 0 Å². The summed E-state index contributed by atoms with van der Waals surface area (Å²) in [4.78, 5) is 16.2. The fourth-order valence-corrected chi connectivity index (χ4v) is 4.84. The Hall–Kier alpha value is -3.07. The van der Waals surface area contributed by atoms with Crippen molar-refractivity contribution in [3.63, 3.8) is 0 Å². The lowest BCUT2D eigenvalue weighted by atomic mass is 9.99. The van der Waals surface area contributed by atoms with Crippen molar-refractivity contribution in [1.29, 1.82) is 0 Å². The van der Waals surface area contributed by atoms with Gasteiger partial charge in [-0.05, 0) is 23.3 Å². The lowest BCUT2D eigenvalue weighted by Crippen LogP contribution is -2.29. The largest absolute Gasteiger partial charge is 0.275 e. The van der Waals surface area contributed by atoms with E-state index >= 15 is 0 Å². The molecule has 0 unspecified atom stereocenters. The summed E-state index contributed by atoms with van der Waals surface area (Å²) >= 11 is 0. The average Bonchev–Trinajstić information content (AvgIpc) is 3.21. The maximum absolute atomic E-state index is 13.3. The summed E-state index contributed by atoms with van der Waals surface area (Å²) in [6.07, 6.45) is 0.0366. The number of sulfonamides is 1. The summed E-state index contributed by atoms with van der Waals surface area (Å²) in [5.74, 6) is 0. The number of non-ortho nitro benzene ring substituents is 1. The van der Waals surface area contributed by atoms with Crippen molar-refractivity contribution in [3.05, 3.63) is 106 Å². The Morgan fingerprint density at radius 3 is 1.97 bits per heavy atom. The van der Waals surface area contributed by atoms with Crippen molar-refractivity contribution in [1.82, 2.24) is 4.47 Å². The molecule has 0 amide bonds. The van der Waals surface area contributed by atoms with Crippen LogP contribution in [0.2, 0.25) is 0 Å². The van der Waals surface area contributed by atoms with E-state index in [1.807, 2.05) is 60.7 Å². The molecule has 0 N–H and O–H groups in total. The van der Waals surface area contributed by atoms with Crippen molar-refractivity contribution in [2.75, 3.05) is 0 Å². The van der Waals surface area contributed by atoms with Crippen molar-refractivity contribution in [2.24, 2.45) is 0 Å². The predicted molar refractivity (Wildman–Crippen MR) is 106 cm³/mol. The molecule has 29 heavy (non-hydrogen) atoms. The number of nitrogens with zero attached hydrogens (tertiary/aromatic N) is 2. The van der Waals surface area contributed by atoms with Gasteiger partial charge in [0.25, 0.3) is 15.7 Å². The first-order chi connectivity index (χ1) is 14.0. The standard InChI is InChI=1S/C21H18N2O5S/c24-22(25)18-11-13-19(14-12-18)29(26,27)23-20(16-7-3-1-4-8-16)15-21(28-23)17-9-5-2-6-10-17/h1-14,20-21H,15H2/t20-,21+/m1/s1. The van der Waals surface area contributed by atoms with Crippen LogP contribution in [-0.4, -0.2) is 17.8 Å². The third-order valence-electron chi connectivity index (χ3n) is 4.86. The van der Waals surface area contributed by atoms with Gasteiger partial charge in [0.1, 0.15) is 6.10 Å². The van der Waals surface area contributed by atoms with Crippen LogP contribution in [0, 0.1) is 10.1 Å². The second-order valence-electron chi connectivity index (χ2n) is 6.68. The molecular weight excluding hydrogens is 392 g/mol. The van der Waals surface area contributed by atoms with Gasteiger partial charge in [0, 0.05) is 18.6 Å². The van der Waals surface area contributed by atoms with Crippen LogP contribution in [0.15, 0.2) is 89.8 Å². The molecule has 0 spiro atoms. The summed E-state index contributed by atoms with van der Waals surface area (Å²) in [6.45, 7) is 0.